The van der Waals surface area contributed by atoms with Gasteiger partial charge in [0.15, 0.2) is 0 Å². The summed E-state index contributed by atoms with van der Waals surface area (Å²) >= 11 is 0. The number of rotatable bonds is 0. The molecule has 2 aliphatic rings. The third kappa shape index (κ3) is 1.22. The highest BCUT2D eigenvalue weighted by molar-refractivity contribution is 5.98. The normalized spacial score (nSPS) is 21.8. The van der Waals surface area contributed by atoms with Gasteiger partial charge in [0.2, 0.25) is 0 Å². The van der Waals surface area contributed by atoms with Crippen molar-refractivity contribution in [2.75, 3.05) is 6.61 Å². The zero-order valence-corrected chi connectivity index (χ0v) is 7.89. The van der Waals surface area contributed by atoms with Gasteiger partial charge in [0.1, 0.15) is 6.61 Å². The molecule has 0 bridgehead atoms. The van der Waals surface area contributed by atoms with Crippen molar-refractivity contribution in [3.8, 4) is 0 Å². The summed E-state index contributed by atoms with van der Waals surface area (Å²) in [6.45, 7) is 4.47. The smallest absolute Gasteiger partial charge is 0.339 e. The van der Waals surface area contributed by atoms with Crippen molar-refractivity contribution in [3.05, 3.63) is 34.4 Å². The third-order valence-electron chi connectivity index (χ3n) is 2.55. The van der Waals surface area contributed by atoms with E-state index in [9.17, 15) is 4.79 Å². The quantitative estimate of drug-likeness (QED) is 0.528. The number of cyclic esters (lactones) is 1. The fourth-order valence-corrected chi connectivity index (χ4v) is 1.76. The van der Waals surface area contributed by atoms with Gasteiger partial charge in [-0.25, -0.2) is 4.79 Å². The lowest BCUT2D eigenvalue weighted by Crippen LogP contribution is -1.97. The van der Waals surface area contributed by atoms with Gasteiger partial charge >= 0.3 is 5.97 Å². The molecule has 1 fully saturated rings. The predicted octanol–water partition coefficient (Wildman–Crippen LogP) is 2.14. The second kappa shape index (κ2) is 2.87. The molecule has 0 amide bonds. The minimum absolute atomic E-state index is 0.168. The molecule has 0 aromatic rings. The summed E-state index contributed by atoms with van der Waals surface area (Å²) in [6, 6.07) is 0. The van der Waals surface area contributed by atoms with Crippen LogP contribution < -0.4 is 0 Å². The van der Waals surface area contributed by atoms with Gasteiger partial charge in [-0.3, -0.25) is 0 Å². The van der Waals surface area contributed by atoms with Crippen LogP contribution in [0.4, 0.5) is 0 Å². The topological polar surface area (TPSA) is 26.3 Å². The second-order valence-corrected chi connectivity index (χ2v) is 3.50. The number of ether oxygens (including phenoxy) is 1. The molecule has 1 saturated heterocycles. The molecule has 0 unspecified atom stereocenters. The highest BCUT2D eigenvalue weighted by atomic mass is 16.5. The van der Waals surface area contributed by atoms with Gasteiger partial charge in [-0.15, -0.1) is 0 Å². The standard InChI is InChI=1S/C11H12O2/c1-7-4-3-5-8(2)10-9(7)6-13-11(10)12/h3,5H,4,6H2,1-2H3. The Labute approximate surface area is 77.6 Å². The molecule has 1 heterocycles. The van der Waals surface area contributed by atoms with Gasteiger partial charge in [0.25, 0.3) is 0 Å². The number of allylic oxidation sites excluding steroid dienone is 4. The fraction of sp³-hybridized carbons (Fsp3) is 0.364. The molecule has 68 valence electrons. The summed E-state index contributed by atoms with van der Waals surface area (Å²) in [5.41, 5.74) is 4.14. The number of hydrogen-bond acceptors (Lipinski definition) is 2. The first kappa shape index (κ1) is 8.30. The molecule has 2 heteroatoms. The average Bonchev–Trinajstić information content (AvgIpc) is 2.40. The van der Waals surface area contributed by atoms with E-state index in [4.69, 9.17) is 4.74 Å². The Balaban J connectivity index is 2.61. The van der Waals surface area contributed by atoms with E-state index < -0.39 is 0 Å². The van der Waals surface area contributed by atoms with Crippen molar-refractivity contribution >= 4 is 5.97 Å². The van der Waals surface area contributed by atoms with Gasteiger partial charge in [0.05, 0.1) is 5.57 Å². The molecule has 1 aliphatic carbocycles. The van der Waals surface area contributed by atoms with Crippen molar-refractivity contribution in [1.82, 2.24) is 0 Å². The lowest BCUT2D eigenvalue weighted by atomic mass is 10.0. The monoisotopic (exact) mass is 176 g/mol. The molecule has 1 aliphatic heterocycles. The maximum absolute atomic E-state index is 11.4. The maximum Gasteiger partial charge on any atom is 0.339 e. The van der Waals surface area contributed by atoms with E-state index in [0.29, 0.717) is 6.61 Å². The van der Waals surface area contributed by atoms with E-state index in [0.717, 1.165) is 23.1 Å². The maximum atomic E-state index is 11.4. The Kier molecular flexibility index (Phi) is 1.83. The molecular formula is C11H12O2. The van der Waals surface area contributed by atoms with E-state index >= 15 is 0 Å². The Morgan fingerprint density at radius 2 is 2.15 bits per heavy atom. The minimum atomic E-state index is -0.168. The van der Waals surface area contributed by atoms with Crippen molar-refractivity contribution in [2.24, 2.45) is 0 Å². The largest absolute Gasteiger partial charge is 0.457 e. The molecule has 0 N–H and O–H groups in total. The van der Waals surface area contributed by atoms with Gasteiger partial charge < -0.3 is 4.74 Å². The summed E-state index contributed by atoms with van der Waals surface area (Å²) in [6.07, 6.45) is 5.02. The number of carbonyl (C=O) groups is 1. The predicted molar refractivity (Wildman–Crippen MR) is 50.1 cm³/mol. The van der Waals surface area contributed by atoms with Crippen LogP contribution in [0.5, 0.6) is 0 Å². The zero-order valence-electron chi connectivity index (χ0n) is 7.89. The van der Waals surface area contributed by atoms with E-state index in [1.165, 1.54) is 5.57 Å². The first-order valence-electron chi connectivity index (χ1n) is 4.43. The molecule has 0 saturated carbocycles. The Morgan fingerprint density at radius 3 is 2.92 bits per heavy atom. The first-order valence-corrected chi connectivity index (χ1v) is 4.43. The molecule has 2 rings (SSSR count). The van der Waals surface area contributed by atoms with Crippen LogP contribution in [-0.4, -0.2) is 12.6 Å². The molecule has 0 aromatic carbocycles. The molecule has 0 aromatic heterocycles. The van der Waals surface area contributed by atoms with Crippen molar-refractivity contribution in [1.29, 1.82) is 0 Å². The summed E-state index contributed by atoms with van der Waals surface area (Å²) < 4.78 is 5.01. The number of fused-ring (bicyclic) bond motifs is 1. The summed E-state index contributed by atoms with van der Waals surface area (Å²) in [7, 11) is 0. The lowest BCUT2D eigenvalue weighted by molar-refractivity contribution is -0.135. The van der Waals surface area contributed by atoms with E-state index in [1.54, 1.807) is 0 Å². The van der Waals surface area contributed by atoms with Crippen LogP contribution in [-0.2, 0) is 9.53 Å². The van der Waals surface area contributed by atoms with Crippen molar-refractivity contribution < 1.29 is 9.53 Å². The average molecular weight is 176 g/mol. The fourth-order valence-electron chi connectivity index (χ4n) is 1.76. The van der Waals surface area contributed by atoms with E-state index in [-0.39, 0.29) is 5.97 Å². The molecule has 13 heavy (non-hydrogen) atoms. The lowest BCUT2D eigenvalue weighted by Gasteiger charge is -2.00. The van der Waals surface area contributed by atoms with Crippen LogP contribution in [0.1, 0.15) is 20.3 Å². The van der Waals surface area contributed by atoms with Crippen LogP contribution >= 0.6 is 0 Å². The second-order valence-electron chi connectivity index (χ2n) is 3.50. The zero-order chi connectivity index (χ0) is 9.42. The Bertz CT molecular complexity index is 356. The number of hydrogen-bond donors (Lipinski definition) is 0. The number of carbonyl (C=O) groups excluding carboxylic acids is 1. The first-order chi connectivity index (χ1) is 6.20. The SMILES string of the molecule is CC1=C2C(=O)OCC2=C(C)CC=C1. The van der Waals surface area contributed by atoms with Gasteiger partial charge in [-0.2, -0.15) is 0 Å². The summed E-state index contributed by atoms with van der Waals surface area (Å²) in [4.78, 5) is 11.4. The van der Waals surface area contributed by atoms with Crippen LogP contribution in [0.25, 0.3) is 0 Å². The third-order valence-corrected chi connectivity index (χ3v) is 2.55. The van der Waals surface area contributed by atoms with Gasteiger partial charge in [0, 0.05) is 5.57 Å². The van der Waals surface area contributed by atoms with Crippen LogP contribution in [0.2, 0.25) is 0 Å². The molecule has 0 radical (unpaired) electrons. The van der Waals surface area contributed by atoms with Crippen LogP contribution in [0, 0.1) is 0 Å². The Hall–Kier alpha value is -1.31. The molecule has 0 spiro atoms. The van der Waals surface area contributed by atoms with Gasteiger partial charge in [-0.05, 0) is 25.8 Å². The highest BCUT2D eigenvalue weighted by Gasteiger charge is 2.28. The van der Waals surface area contributed by atoms with E-state index in [2.05, 4.69) is 13.0 Å². The molecular weight excluding hydrogens is 164 g/mol. The summed E-state index contributed by atoms with van der Waals surface area (Å²) in [5, 5.41) is 0. The molecule has 2 nitrogen and oxygen atoms in total. The van der Waals surface area contributed by atoms with E-state index in [1.807, 2.05) is 13.0 Å². The Morgan fingerprint density at radius 1 is 1.38 bits per heavy atom. The molecule has 0 atom stereocenters. The van der Waals surface area contributed by atoms with Crippen LogP contribution in [0.3, 0.4) is 0 Å². The highest BCUT2D eigenvalue weighted by Crippen LogP contribution is 2.30. The van der Waals surface area contributed by atoms with Gasteiger partial charge in [-0.1, -0.05) is 17.7 Å². The minimum Gasteiger partial charge on any atom is -0.457 e. The summed E-state index contributed by atoms with van der Waals surface area (Å²) in [5.74, 6) is -0.168. The number of esters is 1. The van der Waals surface area contributed by atoms with Crippen LogP contribution in [0.15, 0.2) is 34.4 Å². The van der Waals surface area contributed by atoms with Crippen molar-refractivity contribution in [2.45, 2.75) is 20.3 Å². The van der Waals surface area contributed by atoms with Crippen molar-refractivity contribution in [3.63, 3.8) is 0 Å².